The summed E-state index contributed by atoms with van der Waals surface area (Å²) in [6, 6.07) is 6.29. The Hall–Kier alpha value is -0.960. The molecule has 0 fully saturated rings. The number of benzene rings is 1. The molecule has 1 aromatic carbocycles. The van der Waals surface area contributed by atoms with Crippen molar-refractivity contribution < 1.29 is 16.8 Å². The quantitative estimate of drug-likeness (QED) is 0.708. The zero-order chi connectivity index (χ0) is 15.4. The van der Waals surface area contributed by atoms with Crippen molar-refractivity contribution in [3.63, 3.8) is 0 Å². The van der Waals surface area contributed by atoms with Gasteiger partial charge in [-0.3, -0.25) is 0 Å². The van der Waals surface area contributed by atoms with Gasteiger partial charge in [-0.2, -0.15) is 0 Å². The van der Waals surface area contributed by atoms with Gasteiger partial charge in [0.2, 0.25) is 10.0 Å². The van der Waals surface area contributed by atoms with E-state index in [1.807, 2.05) is 6.92 Å². The van der Waals surface area contributed by atoms with Gasteiger partial charge in [0, 0.05) is 12.3 Å². The van der Waals surface area contributed by atoms with E-state index in [-0.39, 0.29) is 16.7 Å². The maximum absolute atomic E-state index is 11.3. The predicted octanol–water partition coefficient (Wildman–Crippen LogP) is 0.419. The van der Waals surface area contributed by atoms with E-state index in [9.17, 15) is 16.8 Å². The van der Waals surface area contributed by atoms with Crippen LogP contribution in [0.4, 0.5) is 0 Å². The lowest BCUT2D eigenvalue weighted by atomic mass is 10.1. The molecule has 114 valence electrons. The maximum atomic E-state index is 11.3. The van der Waals surface area contributed by atoms with Crippen molar-refractivity contribution in [2.45, 2.75) is 24.3 Å². The van der Waals surface area contributed by atoms with Crippen LogP contribution in [0, 0.1) is 0 Å². The molecule has 20 heavy (non-hydrogen) atoms. The first-order valence-corrected chi connectivity index (χ1v) is 9.74. The second kappa shape index (κ2) is 6.66. The van der Waals surface area contributed by atoms with Gasteiger partial charge in [-0.1, -0.05) is 12.1 Å². The molecule has 0 heterocycles. The fourth-order valence-corrected chi connectivity index (χ4v) is 2.97. The molecule has 3 N–H and O–H groups in total. The molecule has 0 bridgehead atoms. The van der Waals surface area contributed by atoms with Crippen LogP contribution in [0.3, 0.4) is 0 Å². The Kier molecular flexibility index (Phi) is 5.69. The van der Waals surface area contributed by atoms with Crippen LogP contribution in [0.25, 0.3) is 0 Å². The van der Waals surface area contributed by atoms with Crippen LogP contribution in [0.2, 0.25) is 0 Å². The van der Waals surface area contributed by atoms with Crippen molar-refractivity contribution in [2.24, 2.45) is 5.14 Å². The second-order valence-corrected chi connectivity index (χ2v) is 8.60. The summed E-state index contributed by atoms with van der Waals surface area (Å²) in [5, 5.41) is 8.23. The highest BCUT2D eigenvalue weighted by atomic mass is 32.2. The number of sulfonamides is 1. The van der Waals surface area contributed by atoms with Crippen molar-refractivity contribution in [3.05, 3.63) is 29.8 Å². The van der Waals surface area contributed by atoms with Crippen molar-refractivity contribution in [3.8, 4) is 0 Å². The molecule has 0 saturated heterocycles. The Balaban J connectivity index is 2.62. The third-order valence-corrected chi connectivity index (χ3v) is 4.77. The number of nitrogens with two attached hydrogens (primary N) is 1. The van der Waals surface area contributed by atoms with Crippen molar-refractivity contribution in [2.75, 3.05) is 18.6 Å². The van der Waals surface area contributed by atoms with Gasteiger partial charge in [0.05, 0.1) is 10.6 Å². The largest absolute Gasteiger partial charge is 0.310 e. The van der Waals surface area contributed by atoms with E-state index in [0.29, 0.717) is 13.0 Å². The van der Waals surface area contributed by atoms with E-state index >= 15 is 0 Å². The fraction of sp³-hybridized carbons (Fsp3) is 0.500. The summed E-state index contributed by atoms with van der Waals surface area (Å²) in [6.07, 6.45) is 1.71. The third kappa shape index (κ3) is 6.00. The lowest BCUT2D eigenvalue weighted by Gasteiger charge is -2.14. The molecule has 1 rings (SSSR count). The molecule has 0 spiro atoms. The van der Waals surface area contributed by atoms with Gasteiger partial charge >= 0.3 is 0 Å². The van der Waals surface area contributed by atoms with Gasteiger partial charge < -0.3 is 5.32 Å². The molecular weight excluding hydrogens is 300 g/mol. The van der Waals surface area contributed by atoms with Crippen LogP contribution in [-0.4, -0.2) is 35.4 Å². The molecule has 0 aliphatic carbocycles. The smallest absolute Gasteiger partial charge is 0.238 e. The Morgan fingerprint density at radius 3 is 2.45 bits per heavy atom. The van der Waals surface area contributed by atoms with Crippen LogP contribution >= 0.6 is 0 Å². The van der Waals surface area contributed by atoms with Gasteiger partial charge in [-0.25, -0.2) is 22.0 Å². The predicted molar refractivity (Wildman–Crippen MR) is 78.6 cm³/mol. The zero-order valence-corrected chi connectivity index (χ0v) is 13.2. The summed E-state index contributed by atoms with van der Waals surface area (Å²) < 4.78 is 44.5. The topological polar surface area (TPSA) is 106 Å². The molecule has 1 atom stereocenters. The number of nitrogens with one attached hydrogen (secondary N) is 1. The van der Waals surface area contributed by atoms with Gasteiger partial charge in [0.15, 0.2) is 0 Å². The van der Waals surface area contributed by atoms with Crippen molar-refractivity contribution >= 4 is 19.9 Å². The first-order valence-electron chi connectivity index (χ1n) is 6.13. The van der Waals surface area contributed by atoms with Crippen molar-refractivity contribution in [1.82, 2.24) is 5.32 Å². The standard InChI is InChI=1S/C12H20N2O4S2/c1-10(14-7-4-8-19(2,15)16)11-5-3-6-12(9-11)20(13,17)18/h3,5-6,9-10,14H,4,7-8H2,1-2H3,(H2,13,17,18). The highest BCUT2D eigenvalue weighted by molar-refractivity contribution is 7.90. The van der Waals surface area contributed by atoms with Gasteiger partial charge in [-0.05, 0) is 37.6 Å². The first kappa shape index (κ1) is 17.1. The number of hydrogen-bond donors (Lipinski definition) is 2. The highest BCUT2D eigenvalue weighted by Crippen LogP contribution is 2.16. The lowest BCUT2D eigenvalue weighted by Crippen LogP contribution is -2.22. The minimum atomic E-state index is -3.71. The highest BCUT2D eigenvalue weighted by Gasteiger charge is 2.11. The van der Waals surface area contributed by atoms with E-state index in [2.05, 4.69) is 5.32 Å². The molecule has 0 aliphatic heterocycles. The zero-order valence-electron chi connectivity index (χ0n) is 11.5. The summed E-state index contributed by atoms with van der Waals surface area (Å²) in [7, 11) is -6.66. The molecule has 0 radical (unpaired) electrons. The molecular formula is C12H20N2O4S2. The molecule has 1 aromatic rings. The Bertz CT molecular complexity index is 654. The van der Waals surface area contributed by atoms with E-state index in [1.165, 1.54) is 18.4 Å². The molecule has 6 nitrogen and oxygen atoms in total. The molecule has 0 aromatic heterocycles. The minimum absolute atomic E-state index is 0.0692. The number of primary sulfonamides is 1. The molecule has 0 aliphatic rings. The van der Waals surface area contributed by atoms with Crippen molar-refractivity contribution in [1.29, 1.82) is 0 Å². The monoisotopic (exact) mass is 320 g/mol. The van der Waals surface area contributed by atoms with Gasteiger partial charge in [-0.15, -0.1) is 0 Å². The average molecular weight is 320 g/mol. The average Bonchev–Trinajstić information content (AvgIpc) is 2.32. The summed E-state index contributed by atoms with van der Waals surface area (Å²) in [5.41, 5.74) is 0.788. The molecule has 0 saturated carbocycles. The summed E-state index contributed by atoms with van der Waals surface area (Å²) in [4.78, 5) is 0.0692. The SMILES string of the molecule is CC(NCCCS(C)(=O)=O)c1cccc(S(N)(=O)=O)c1. The van der Waals surface area contributed by atoms with Crippen LogP contribution in [0.1, 0.15) is 24.9 Å². The lowest BCUT2D eigenvalue weighted by molar-refractivity contribution is 0.560. The minimum Gasteiger partial charge on any atom is -0.310 e. The van der Waals surface area contributed by atoms with E-state index in [0.717, 1.165) is 5.56 Å². The number of rotatable bonds is 7. The van der Waals surface area contributed by atoms with Gasteiger partial charge in [0.25, 0.3) is 0 Å². The normalized spacial score (nSPS) is 14.2. The summed E-state index contributed by atoms with van der Waals surface area (Å²) in [6.45, 7) is 2.41. The Morgan fingerprint density at radius 1 is 1.25 bits per heavy atom. The second-order valence-electron chi connectivity index (χ2n) is 4.78. The van der Waals surface area contributed by atoms with E-state index < -0.39 is 19.9 Å². The molecule has 1 unspecified atom stereocenters. The molecule has 8 heteroatoms. The van der Waals surface area contributed by atoms with E-state index in [1.54, 1.807) is 12.1 Å². The van der Waals surface area contributed by atoms with Crippen LogP contribution in [0.15, 0.2) is 29.2 Å². The summed E-state index contributed by atoms with van der Waals surface area (Å²) in [5.74, 6) is 0.129. The van der Waals surface area contributed by atoms with Crippen LogP contribution in [-0.2, 0) is 19.9 Å². The summed E-state index contributed by atoms with van der Waals surface area (Å²) >= 11 is 0. The van der Waals surface area contributed by atoms with E-state index in [4.69, 9.17) is 5.14 Å². The Labute approximate surface area is 120 Å². The fourth-order valence-electron chi connectivity index (χ4n) is 1.73. The maximum Gasteiger partial charge on any atom is 0.238 e. The van der Waals surface area contributed by atoms with Crippen LogP contribution < -0.4 is 10.5 Å². The third-order valence-electron chi connectivity index (χ3n) is 2.83. The molecule has 0 amide bonds. The van der Waals surface area contributed by atoms with Crippen LogP contribution in [0.5, 0.6) is 0 Å². The number of sulfone groups is 1. The van der Waals surface area contributed by atoms with Gasteiger partial charge in [0.1, 0.15) is 9.84 Å². The first-order chi connectivity index (χ1) is 9.09. The number of hydrogen-bond acceptors (Lipinski definition) is 5. The Morgan fingerprint density at radius 2 is 1.90 bits per heavy atom.